The minimum Gasteiger partial charge on any atom is -0.310 e. The molecular weight excluding hydrogens is 250 g/mol. The Balaban J connectivity index is 2.09. The normalized spacial score (nSPS) is 11.5. The molecule has 2 heterocycles. The zero-order valence-electron chi connectivity index (χ0n) is 13.1. The van der Waals surface area contributed by atoms with E-state index in [0.29, 0.717) is 6.04 Å². The summed E-state index contributed by atoms with van der Waals surface area (Å²) in [6.45, 7) is 10.1. The third-order valence-corrected chi connectivity index (χ3v) is 3.46. The van der Waals surface area contributed by atoms with Gasteiger partial charge in [-0.15, -0.1) is 0 Å². The van der Waals surface area contributed by atoms with Gasteiger partial charge < -0.3 is 5.32 Å². The summed E-state index contributed by atoms with van der Waals surface area (Å²) in [6, 6.07) is 2.64. The summed E-state index contributed by atoms with van der Waals surface area (Å²) in [5.41, 5.74) is 4.67. The highest BCUT2D eigenvalue weighted by atomic mass is 15.3. The van der Waals surface area contributed by atoms with E-state index in [4.69, 9.17) is 0 Å². The number of hydrogen-bond acceptors (Lipinski definition) is 3. The molecule has 0 aliphatic heterocycles. The molecular formula is C15H25N5. The lowest BCUT2D eigenvalue weighted by Crippen LogP contribution is -2.21. The van der Waals surface area contributed by atoms with Crippen LogP contribution in [0.15, 0.2) is 12.3 Å². The number of aryl methyl sites for hydroxylation is 3. The van der Waals surface area contributed by atoms with Crippen LogP contribution in [0, 0.1) is 6.92 Å². The topological polar surface area (TPSA) is 47.7 Å². The van der Waals surface area contributed by atoms with Crippen molar-refractivity contribution in [2.75, 3.05) is 0 Å². The fourth-order valence-electron chi connectivity index (χ4n) is 2.19. The van der Waals surface area contributed by atoms with E-state index in [1.54, 1.807) is 0 Å². The van der Waals surface area contributed by atoms with Gasteiger partial charge in [-0.05, 0) is 19.4 Å². The van der Waals surface area contributed by atoms with Gasteiger partial charge in [0.2, 0.25) is 0 Å². The summed E-state index contributed by atoms with van der Waals surface area (Å²) in [4.78, 5) is 0. The lowest BCUT2D eigenvalue weighted by atomic mass is 10.2. The monoisotopic (exact) mass is 275 g/mol. The number of aromatic nitrogens is 4. The molecule has 0 radical (unpaired) electrons. The fraction of sp³-hybridized carbons (Fsp3) is 0.600. The molecule has 2 aromatic heterocycles. The van der Waals surface area contributed by atoms with Crippen LogP contribution in [0.4, 0.5) is 0 Å². The molecule has 0 unspecified atom stereocenters. The lowest BCUT2D eigenvalue weighted by Gasteiger charge is -2.06. The summed E-state index contributed by atoms with van der Waals surface area (Å²) >= 11 is 0. The second-order valence-electron chi connectivity index (χ2n) is 5.58. The first-order chi connectivity index (χ1) is 9.49. The van der Waals surface area contributed by atoms with Crippen molar-refractivity contribution in [1.82, 2.24) is 24.9 Å². The molecule has 0 atom stereocenters. The van der Waals surface area contributed by atoms with Crippen molar-refractivity contribution in [2.45, 2.75) is 53.2 Å². The SMILES string of the molecule is CCc1cc(Cn2cc(CNC(C)C)c(C)n2)n(C)n1. The molecule has 0 bridgehead atoms. The Labute approximate surface area is 121 Å². The van der Waals surface area contributed by atoms with Gasteiger partial charge >= 0.3 is 0 Å². The van der Waals surface area contributed by atoms with Crippen LogP contribution < -0.4 is 5.32 Å². The Morgan fingerprint density at radius 3 is 2.65 bits per heavy atom. The quantitative estimate of drug-likeness (QED) is 0.877. The first kappa shape index (κ1) is 14.8. The van der Waals surface area contributed by atoms with Crippen molar-refractivity contribution in [3.05, 3.63) is 34.9 Å². The summed E-state index contributed by atoms with van der Waals surface area (Å²) in [5.74, 6) is 0. The predicted molar refractivity (Wildman–Crippen MR) is 80.6 cm³/mol. The number of rotatable bonds is 6. The molecule has 0 saturated heterocycles. The van der Waals surface area contributed by atoms with Crippen LogP contribution in [-0.2, 0) is 26.6 Å². The van der Waals surface area contributed by atoms with Crippen molar-refractivity contribution < 1.29 is 0 Å². The van der Waals surface area contributed by atoms with E-state index in [0.717, 1.165) is 30.9 Å². The number of nitrogens with one attached hydrogen (secondary N) is 1. The average Bonchev–Trinajstić information content (AvgIpc) is 2.91. The van der Waals surface area contributed by atoms with Gasteiger partial charge in [0.1, 0.15) is 0 Å². The summed E-state index contributed by atoms with van der Waals surface area (Å²) < 4.78 is 3.95. The van der Waals surface area contributed by atoms with Gasteiger partial charge in [-0.25, -0.2) is 0 Å². The average molecular weight is 275 g/mol. The molecule has 0 aliphatic rings. The van der Waals surface area contributed by atoms with Crippen LogP contribution in [0.25, 0.3) is 0 Å². The van der Waals surface area contributed by atoms with Crippen molar-refractivity contribution in [3.63, 3.8) is 0 Å². The predicted octanol–water partition coefficient (Wildman–Crippen LogP) is 2.03. The molecule has 0 amide bonds. The van der Waals surface area contributed by atoms with E-state index in [-0.39, 0.29) is 0 Å². The first-order valence-corrected chi connectivity index (χ1v) is 7.27. The maximum Gasteiger partial charge on any atom is 0.0828 e. The van der Waals surface area contributed by atoms with E-state index in [2.05, 4.69) is 55.5 Å². The van der Waals surface area contributed by atoms with E-state index in [9.17, 15) is 0 Å². The number of nitrogens with zero attached hydrogens (tertiary/aromatic N) is 4. The van der Waals surface area contributed by atoms with E-state index < -0.39 is 0 Å². The van der Waals surface area contributed by atoms with Crippen LogP contribution in [0.2, 0.25) is 0 Å². The third kappa shape index (κ3) is 3.48. The van der Waals surface area contributed by atoms with Gasteiger partial charge in [-0.1, -0.05) is 20.8 Å². The molecule has 1 N–H and O–H groups in total. The summed E-state index contributed by atoms with van der Waals surface area (Å²) in [6.07, 6.45) is 3.10. The largest absolute Gasteiger partial charge is 0.310 e. The standard InChI is InChI=1S/C15H25N5/c1-6-14-7-15(19(5)18-14)10-20-9-13(12(4)17-20)8-16-11(2)3/h7,9,11,16H,6,8,10H2,1-5H3. The highest BCUT2D eigenvalue weighted by Gasteiger charge is 2.09. The highest BCUT2D eigenvalue weighted by Crippen LogP contribution is 2.10. The molecule has 2 aromatic rings. The van der Waals surface area contributed by atoms with Gasteiger partial charge in [0.15, 0.2) is 0 Å². The second-order valence-corrected chi connectivity index (χ2v) is 5.58. The third-order valence-electron chi connectivity index (χ3n) is 3.46. The van der Waals surface area contributed by atoms with Crippen LogP contribution in [-0.4, -0.2) is 25.6 Å². The van der Waals surface area contributed by atoms with Crippen LogP contribution in [0.5, 0.6) is 0 Å². The zero-order valence-corrected chi connectivity index (χ0v) is 13.1. The number of hydrogen-bond donors (Lipinski definition) is 1. The Morgan fingerprint density at radius 1 is 1.30 bits per heavy atom. The Bertz CT molecular complexity index is 565. The van der Waals surface area contributed by atoms with Gasteiger partial charge in [0.05, 0.1) is 23.6 Å². The first-order valence-electron chi connectivity index (χ1n) is 7.27. The maximum atomic E-state index is 4.60. The molecule has 5 heteroatoms. The van der Waals surface area contributed by atoms with Gasteiger partial charge in [0.25, 0.3) is 0 Å². The Kier molecular flexibility index (Phi) is 4.60. The highest BCUT2D eigenvalue weighted by molar-refractivity contribution is 5.17. The van der Waals surface area contributed by atoms with Gasteiger partial charge in [-0.2, -0.15) is 10.2 Å². The van der Waals surface area contributed by atoms with E-state index in [1.165, 1.54) is 11.3 Å². The smallest absolute Gasteiger partial charge is 0.0828 e. The Hall–Kier alpha value is -1.62. The van der Waals surface area contributed by atoms with E-state index >= 15 is 0 Å². The fourth-order valence-corrected chi connectivity index (χ4v) is 2.19. The Morgan fingerprint density at radius 2 is 2.05 bits per heavy atom. The molecule has 0 fully saturated rings. The summed E-state index contributed by atoms with van der Waals surface area (Å²) in [5, 5.41) is 12.5. The molecule has 0 aromatic carbocycles. The van der Waals surface area contributed by atoms with Crippen molar-refractivity contribution in [1.29, 1.82) is 0 Å². The van der Waals surface area contributed by atoms with Crippen molar-refractivity contribution >= 4 is 0 Å². The summed E-state index contributed by atoms with van der Waals surface area (Å²) in [7, 11) is 1.99. The van der Waals surface area contributed by atoms with Crippen LogP contribution >= 0.6 is 0 Å². The minimum absolute atomic E-state index is 0.488. The molecule has 2 rings (SSSR count). The molecule has 20 heavy (non-hydrogen) atoms. The second kappa shape index (κ2) is 6.22. The molecule has 0 aliphatic carbocycles. The molecule has 0 spiro atoms. The maximum absolute atomic E-state index is 4.60. The van der Waals surface area contributed by atoms with Crippen molar-refractivity contribution in [3.8, 4) is 0 Å². The minimum atomic E-state index is 0.488. The van der Waals surface area contributed by atoms with Gasteiger partial charge in [-0.3, -0.25) is 9.36 Å². The van der Waals surface area contributed by atoms with E-state index in [1.807, 2.05) is 16.4 Å². The molecule has 5 nitrogen and oxygen atoms in total. The zero-order chi connectivity index (χ0) is 14.7. The lowest BCUT2D eigenvalue weighted by molar-refractivity contribution is 0.586. The molecule has 110 valence electrons. The van der Waals surface area contributed by atoms with Gasteiger partial charge in [0, 0.05) is 31.4 Å². The van der Waals surface area contributed by atoms with Crippen LogP contribution in [0.3, 0.4) is 0 Å². The van der Waals surface area contributed by atoms with Crippen molar-refractivity contribution in [2.24, 2.45) is 7.05 Å². The molecule has 0 saturated carbocycles. The van der Waals surface area contributed by atoms with Crippen LogP contribution in [0.1, 0.15) is 43.4 Å².